The van der Waals surface area contributed by atoms with Crippen LogP contribution in [0.3, 0.4) is 0 Å². The molecule has 1 fully saturated rings. The molecule has 1 N–H and O–H groups in total. The minimum absolute atomic E-state index is 0.116. The first-order valence-electron chi connectivity index (χ1n) is 7.66. The summed E-state index contributed by atoms with van der Waals surface area (Å²) in [5.41, 5.74) is 1.63. The zero-order chi connectivity index (χ0) is 14.7. The number of pyridine rings is 1. The minimum atomic E-state index is 0.116. The van der Waals surface area contributed by atoms with Crippen molar-refractivity contribution in [2.75, 3.05) is 19.6 Å². The van der Waals surface area contributed by atoms with Crippen LogP contribution in [0.15, 0.2) is 36.5 Å². The van der Waals surface area contributed by atoms with E-state index in [1.54, 1.807) is 6.20 Å². The second-order valence-corrected chi connectivity index (χ2v) is 5.47. The van der Waals surface area contributed by atoms with Crippen molar-refractivity contribution in [3.05, 3.63) is 42.1 Å². The summed E-state index contributed by atoms with van der Waals surface area (Å²) in [6.45, 7) is 4.74. The van der Waals surface area contributed by atoms with Crippen LogP contribution in [-0.2, 0) is 0 Å². The van der Waals surface area contributed by atoms with E-state index in [2.05, 4.69) is 17.2 Å². The molecule has 0 saturated carbocycles. The van der Waals surface area contributed by atoms with Gasteiger partial charge in [-0.2, -0.15) is 0 Å². The van der Waals surface area contributed by atoms with Crippen molar-refractivity contribution in [3.8, 4) is 0 Å². The second-order valence-electron chi connectivity index (χ2n) is 5.47. The molecule has 1 atom stereocenters. The fourth-order valence-electron chi connectivity index (χ4n) is 3.11. The molecular formula is C17H21N3O. The molecule has 4 nitrogen and oxygen atoms in total. The van der Waals surface area contributed by atoms with Crippen LogP contribution < -0.4 is 5.32 Å². The van der Waals surface area contributed by atoms with Gasteiger partial charge in [-0.3, -0.25) is 9.78 Å². The third-order valence-corrected chi connectivity index (χ3v) is 4.19. The van der Waals surface area contributed by atoms with Crippen molar-refractivity contribution >= 4 is 16.8 Å². The first kappa shape index (κ1) is 14.0. The molecule has 4 heteroatoms. The van der Waals surface area contributed by atoms with Gasteiger partial charge in [0, 0.05) is 36.3 Å². The van der Waals surface area contributed by atoms with Crippen LogP contribution >= 0.6 is 0 Å². The maximum absolute atomic E-state index is 13.0. The summed E-state index contributed by atoms with van der Waals surface area (Å²) < 4.78 is 0. The number of amides is 1. The first-order valence-corrected chi connectivity index (χ1v) is 7.66. The lowest BCUT2D eigenvalue weighted by atomic mass is 10.0. The maximum atomic E-state index is 13.0. The molecule has 0 aliphatic carbocycles. The average Bonchev–Trinajstić information content (AvgIpc) is 2.56. The lowest BCUT2D eigenvalue weighted by Gasteiger charge is -2.34. The predicted molar refractivity (Wildman–Crippen MR) is 84.3 cm³/mol. The van der Waals surface area contributed by atoms with E-state index in [-0.39, 0.29) is 5.91 Å². The van der Waals surface area contributed by atoms with E-state index in [0.29, 0.717) is 6.04 Å². The van der Waals surface area contributed by atoms with E-state index in [0.717, 1.165) is 48.9 Å². The summed E-state index contributed by atoms with van der Waals surface area (Å²) in [6, 6.07) is 9.93. The molecule has 1 aromatic heterocycles. The van der Waals surface area contributed by atoms with Gasteiger partial charge in [-0.15, -0.1) is 0 Å². The third-order valence-electron chi connectivity index (χ3n) is 4.19. The second kappa shape index (κ2) is 6.22. The fraction of sp³-hybridized carbons (Fsp3) is 0.412. The Hall–Kier alpha value is -1.94. The number of benzene rings is 1. The molecule has 1 saturated heterocycles. The molecule has 0 spiro atoms. The molecule has 2 heterocycles. The molecule has 21 heavy (non-hydrogen) atoms. The topological polar surface area (TPSA) is 45.2 Å². The summed E-state index contributed by atoms with van der Waals surface area (Å²) in [6.07, 6.45) is 3.97. The monoisotopic (exact) mass is 283 g/mol. The number of hydrogen-bond acceptors (Lipinski definition) is 3. The Balaban J connectivity index is 1.94. The Bertz CT molecular complexity index is 629. The highest BCUT2D eigenvalue weighted by atomic mass is 16.2. The number of fused-ring (bicyclic) bond motifs is 1. The Morgan fingerprint density at radius 1 is 1.38 bits per heavy atom. The van der Waals surface area contributed by atoms with Gasteiger partial charge in [0.25, 0.3) is 5.91 Å². The highest BCUT2D eigenvalue weighted by Crippen LogP contribution is 2.20. The van der Waals surface area contributed by atoms with Crippen molar-refractivity contribution in [1.82, 2.24) is 15.2 Å². The number of nitrogens with one attached hydrogen (secondary N) is 1. The van der Waals surface area contributed by atoms with Crippen LogP contribution in [0, 0.1) is 0 Å². The van der Waals surface area contributed by atoms with Crippen LogP contribution in [-0.4, -0.2) is 41.5 Å². The largest absolute Gasteiger partial charge is 0.335 e. The van der Waals surface area contributed by atoms with Crippen LogP contribution in [0.25, 0.3) is 10.9 Å². The Labute approximate surface area is 125 Å². The Morgan fingerprint density at radius 3 is 3.05 bits per heavy atom. The molecule has 3 rings (SSSR count). The van der Waals surface area contributed by atoms with Crippen molar-refractivity contribution < 1.29 is 4.79 Å². The Kier molecular flexibility index (Phi) is 4.15. The minimum Gasteiger partial charge on any atom is -0.335 e. The van der Waals surface area contributed by atoms with Gasteiger partial charge < -0.3 is 10.2 Å². The van der Waals surface area contributed by atoms with Gasteiger partial charge in [0.15, 0.2) is 0 Å². The third kappa shape index (κ3) is 2.76. The van der Waals surface area contributed by atoms with Gasteiger partial charge in [0.1, 0.15) is 0 Å². The molecule has 1 unspecified atom stereocenters. The van der Waals surface area contributed by atoms with E-state index in [1.165, 1.54) is 0 Å². The van der Waals surface area contributed by atoms with Gasteiger partial charge >= 0.3 is 0 Å². The summed E-state index contributed by atoms with van der Waals surface area (Å²) in [4.78, 5) is 19.3. The number of nitrogens with zero attached hydrogens (tertiary/aromatic N) is 2. The van der Waals surface area contributed by atoms with Crippen LogP contribution in [0.5, 0.6) is 0 Å². The normalized spacial score (nSPS) is 18.6. The van der Waals surface area contributed by atoms with E-state index in [9.17, 15) is 4.79 Å². The number of aromatic nitrogens is 1. The number of rotatable bonds is 3. The molecule has 110 valence electrons. The SMILES string of the molecule is CCN(C(=O)c1cccc2ncccc12)C1CCCNC1. The maximum Gasteiger partial charge on any atom is 0.254 e. The molecule has 1 aliphatic rings. The summed E-state index contributed by atoms with van der Waals surface area (Å²) in [5, 5.41) is 4.32. The summed E-state index contributed by atoms with van der Waals surface area (Å²) >= 11 is 0. The van der Waals surface area contributed by atoms with E-state index >= 15 is 0 Å². The molecule has 1 aliphatic heterocycles. The van der Waals surface area contributed by atoms with Gasteiger partial charge in [0.05, 0.1) is 5.52 Å². The fourth-order valence-corrected chi connectivity index (χ4v) is 3.11. The van der Waals surface area contributed by atoms with Crippen molar-refractivity contribution in [1.29, 1.82) is 0 Å². The molecular weight excluding hydrogens is 262 g/mol. The average molecular weight is 283 g/mol. The number of hydrogen-bond donors (Lipinski definition) is 1. The lowest BCUT2D eigenvalue weighted by molar-refractivity contribution is 0.0664. The Morgan fingerprint density at radius 2 is 2.29 bits per heavy atom. The van der Waals surface area contributed by atoms with Gasteiger partial charge in [0.2, 0.25) is 0 Å². The molecule has 0 radical (unpaired) electrons. The van der Waals surface area contributed by atoms with E-state index in [4.69, 9.17) is 0 Å². The number of likely N-dealkylation sites (N-methyl/N-ethyl adjacent to an activating group) is 1. The van der Waals surface area contributed by atoms with Crippen LogP contribution in [0.4, 0.5) is 0 Å². The molecule has 1 aromatic carbocycles. The summed E-state index contributed by atoms with van der Waals surface area (Å²) in [7, 11) is 0. The zero-order valence-electron chi connectivity index (χ0n) is 12.4. The molecule has 0 bridgehead atoms. The van der Waals surface area contributed by atoms with Crippen LogP contribution in [0.1, 0.15) is 30.1 Å². The zero-order valence-corrected chi connectivity index (χ0v) is 12.4. The molecule has 1 amide bonds. The van der Waals surface area contributed by atoms with Crippen LogP contribution in [0.2, 0.25) is 0 Å². The standard InChI is InChI=1S/C17H21N3O/c1-2-20(13-6-4-10-18-12-13)17(21)15-7-3-9-16-14(15)8-5-11-19-16/h3,5,7-9,11,13,18H,2,4,6,10,12H2,1H3. The van der Waals surface area contributed by atoms with E-state index in [1.807, 2.05) is 35.2 Å². The predicted octanol–water partition coefficient (Wildman–Crippen LogP) is 2.45. The van der Waals surface area contributed by atoms with Gasteiger partial charge in [-0.05, 0) is 44.5 Å². The first-order chi connectivity index (χ1) is 10.3. The highest BCUT2D eigenvalue weighted by Gasteiger charge is 2.25. The van der Waals surface area contributed by atoms with Gasteiger partial charge in [-0.1, -0.05) is 12.1 Å². The smallest absolute Gasteiger partial charge is 0.254 e. The summed E-state index contributed by atoms with van der Waals surface area (Å²) in [5.74, 6) is 0.116. The highest BCUT2D eigenvalue weighted by molar-refractivity contribution is 6.06. The quantitative estimate of drug-likeness (QED) is 0.941. The van der Waals surface area contributed by atoms with Crippen molar-refractivity contribution in [2.24, 2.45) is 0 Å². The number of piperidine rings is 1. The number of carbonyl (C=O) groups is 1. The molecule has 2 aromatic rings. The van der Waals surface area contributed by atoms with Gasteiger partial charge in [-0.25, -0.2) is 0 Å². The van der Waals surface area contributed by atoms with E-state index < -0.39 is 0 Å². The number of carbonyl (C=O) groups excluding carboxylic acids is 1. The van der Waals surface area contributed by atoms with Crippen molar-refractivity contribution in [2.45, 2.75) is 25.8 Å². The van der Waals surface area contributed by atoms with Crippen molar-refractivity contribution in [3.63, 3.8) is 0 Å². The lowest BCUT2D eigenvalue weighted by Crippen LogP contribution is -2.48.